The molecular weight excluding hydrogens is 483 g/mol. The lowest BCUT2D eigenvalue weighted by Gasteiger charge is -2.27. The van der Waals surface area contributed by atoms with Gasteiger partial charge in [0.25, 0.3) is 5.91 Å². The van der Waals surface area contributed by atoms with Crippen molar-refractivity contribution in [2.75, 3.05) is 13.2 Å². The first-order valence-corrected chi connectivity index (χ1v) is 13.0. The van der Waals surface area contributed by atoms with Gasteiger partial charge in [-0.15, -0.1) is 15.3 Å². The molecule has 13 heteroatoms. The van der Waals surface area contributed by atoms with Crippen molar-refractivity contribution in [2.45, 2.75) is 33.2 Å². The second-order valence-corrected chi connectivity index (χ2v) is 9.85. The van der Waals surface area contributed by atoms with E-state index < -0.39 is 19.4 Å². The lowest BCUT2D eigenvalue weighted by molar-refractivity contribution is 0.0916. The smallest absolute Gasteiger partial charge is 0.320 e. The predicted octanol–water partition coefficient (Wildman–Crippen LogP) is 3.44. The molecule has 0 saturated carbocycles. The van der Waals surface area contributed by atoms with E-state index in [-0.39, 0.29) is 19.8 Å². The van der Waals surface area contributed by atoms with Gasteiger partial charge in [-0.2, -0.15) is 4.80 Å². The van der Waals surface area contributed by atoms with Gasteiger partial charge in [0, 0.05) is 11.1 Å². The van der Waals surface area contributed by atoms with Crippen molar-refractivity contribution in [3.8, 4) is 11.4 Å². The van der Waals surface area contributed by atoms with Crippen LogP contribution < -0.4 is 5.32 Å². The van der Waals surface area contributed by atoms with E-state index in [1.807, 2.05) is 31.2 Å². The van der Waals surface area contributed by atoms with Gasteiger partial charge in [-0.05, 0) is 38.1 Å². The Hall–Kier alpha value is -3.73. The van der Waals surface area contributed by atoms with Crippen LogP contribution in [-0.2, 0) is 20.2 Å². The van der Waals surface area contributed by atoms with Crippen molar-refractivity contribution in [1.82, 2.24) is 40.5 Å². The fourth-order valence-corrected chi connectivity index (χ4v) is 5.27. The third kappa shape index (κ3) is 5.73. The normalized spacial score (nSPS) is 12.4. The van der Waals surface area contributed by atoms with E-state index in [1.54, 1.807) is 44.2 Å². The van der Waals surface area contributed by atoms with Crippen LogP contribution in [-0.4, -0.2) is 54.3 Å². The summed E-state index contributed by atoms with van der Waals surface area (Å²) in [6.45, 7) is 5.68. The molecule has 12 nitrogen and oxygen atoms in total. The molecule has 0 fully saturated rings. The van der Waals surface area contributed by atoms with Crippen LogP contribution in [0, 0.1) is 6.92 Å². The fraction of sp³-hybridized carbons (Fsp3) is 0.304. The zero-order valence-electron chi connectivity index (χ0n) is 20.2. The molecule has 0 aliphatic heterocycles. The minimum Gasteiger partial charge on any atom is -0.320 e. The first-order chi connectivity index (χ1) is 17.4. The quantitative estimate of drug-likeness (QED) is 0.301. The van der Waals surface area contributed by atoms with Crippen molar-refractivity contribution in [2.24, 2.45) is 0 Å². The maximum Gasteiger partial charge on any atom is 0.375 e. The molecule has 1 atom stereocenters. The van der Waals surface area contributed by atoms with E-state index in [1.165, 1.54) is 15.7 Å². The number of amides is 1. The average molecular weight is 510 g/mol. The second-order valence-electron chi connectivity index (χ2n) is 7.77. The number of carbonyl (C=O) groups excluding carboxylic acids is 1. The van der Waals surface area contributed by atoms with Crippen molar-refractivity contribution in [1.29, 1.82) is 0 Å². The first-order valence-electron chi connectivity index (χ1n) is 11.4. The third-order valence-corrected chi connectivity index (χ3v) is 7.34. The maximum absolute atomic E-state index is 13.8. The number of aryl methyl sites for hydroxylation is 1. The van der Waals surface area contributed by atoms with Crippen molar-refractivity contribution in [3.63, 3.8) is 0 Å². The number of tetrazole rings is 1. The molecule has 2 heterocycles. The molecule has 1 N–H and O–H groups in total. The monoisotopic (exact) mass is 510 g/mol. The molecular formula is C23H27N8O4P. The van der Waals surface area contributed by atoms with Crippen LogP contribution >= 0.6 is 7.60 Å². The highest BCUT2D eigenvalue weighted by Gasteiger charge is 2.40. The summed E-state index contributed by atoms with van der Waals surface area (Å²) in [4.78, 5) is 14.4. The standard InChI is InChI=1S/C23H27N8O4P/c1-4-34-36(33,35-5-2)23(25-22(32)19-9-7-6-8-10-19)31-20(15-24-28-31)16-30-27-21(26-29-30)18-13-11-17(3)12-14-18/h6-15,23H,4-5,16H2,1-3H3,(H,25,32). The summed E-state index contributed by atoms with van der Waals surface area (Å²) >= 11 is 0. The molecule has 36 heavy (non-hydrogen) atoms. The van der Waals surface area contributed by atoms with E-state index in [0.29, 0.717) is 17.1 Å². The topological polar surface area (TPSA) is 139 Å². The Kier molecular flexibility index (Phi) is 7.99. The number of aromatic nitrogens is 7. The molecule has 4 aromatic rings. The minimum absolute atomic E-state index is 0.0990. The SMILES string of the molecule is CCOP(=O)(OCC)C(NC(=O)c1ccccc1)n1nncc1Cn1nnc(-c2ccc(C)cc2)n1. The van der Waals surface area contributed by atoms with Crippen LogP contribution in [0.2, 0.25) is 0 Å². The molecule has 188 valence electrons. The van der Waals surface area contributed by atoms with Crippen molar-refractivity contribution in [3.05, 3.63) is 77.6 Å². The van der Waals surface area contributed by atoms with E-state index >= 15 is 0 Å². The third-order valence-electron chi connectivity index (χ3n) is 5.16. The second kappa shape index (κ2) is 11.3. The molecule has 0 radical (unpaired) electrons. The highest BCUT2D eigenvalue weighted by Crippen LogP contribution is 2.57. The Morgan fingerprint density at radius 3 is 2.39 bits per heavy atom. The van der Waals surface area contributed by atoms with E-state index in [4.69, 9.17) is 9.05 Å². The van der Waals surface area contributed by atoms with Crippen LogP contribution in [0.5, 0.6) is 0 Å². The van der Waals surface area contributed by atoms with Gasteiger partial charge in [0.15, 0.2) is 0 Å². The van der Waals surface area contributed by atoms with Gasteiger partial charge in [-0.25, -0.2) is 4.68 Å². The summed E-state index contributed by atoms with van der Waals surface area (Å²) in [7, 11) is -3.91. The highest BCUT2D eigenvalue weighted by molar-refractivity contribution is 7.53. The summed E-state index contributed by atoms with van der Waals surface area (Å²) in [5.74, 6) is -1.29. The Balaban J connectivity index is 1.65. The molecule has 0 spiro atoms. The van der Waals surface area contributed by atoms with Crippen molar-refractivity contribution >= 4 is 13.5 Å². The number of rotatable bonds is 11. The zero-order chi connectivity index (χ0) is 25.5. The number of hydrogen-bond acceptors (Lipinski definition) is 9. The van der Waals surface area contributed by atoms with Gasteiger partial charge in [-0.3, -0.25) is 9.36 Å². The van der Waals surface area contributed by atoms with Crippen LogP contribution in [0.25, 0.3) is 11.4 Å². The molecule has 0 aliphatic carbocycles. The molecule has 2 aromatic heterocycles. The molecule has 0 saturated heterocycles. The summed E-state index contributed by atoms with van der Waals surface area (Å²) in [5.41, 5.74) is 2.78. The predicted molar refractivity (Wildman–Crippen MR) is 131 cm³/mol. The Bertz CT molecular complexity index is 1330. The number of nitrogens with zero attached hydrogens (tertiary/aromatic N) is 7. The van der Waals surface area contributed by atoms with Crippen LogP contribution in [0.4, 0.5) is 0 Å². The average Bonchev–Trinajstić information content (AvgIpc) is 3.54. The molecule has 0 aliphatic rings. The molecule has 1 unspecified atom stereocenters. The lowest BCUT2D eigenvalue weighted by atomic mass is 10.1. The summed E-state index contributed by atoms with van der Waals surface area (Å²) in [5, 5.41) is 23.5. The van der Waals surface area contributed by atoms with Gasteiger partial charge in [0.2, 0.25) is 11.7 Å². The van der Waals surface area contributed by atoms with Gasteiger partial charge in [0.1, 0.15) is 6.54 Å². The number of nitrogens with one attached hydrogen (secondary N) is 1. The number of carbonyl (C=O) groups is 1. The summed E-state index contributed by atoms with van der Waals surface area (Å²) < 4.78 is 26.2. The Morgan fingerprint density at radius 2 is 1.72 bits per heavy atom. The number of hydrogen-bond donors (Lipinski definition) is 1. The number of benzene rings is 2. The van der Waals surface area contributed by atoms with Crippen molar-refractivity contribution < 1.29 is 18.4 Å². The lowest BCUT2D eigenvalue weighted by Crippen LogP contribution is -2.35. The van der Waals surface area contributed by atoms with E-state index in [0.717, 1.165) is 11.1 Å². The van der Waals surface area contributed by atoms with Crippen LogP contribution in [0.3, 0.4) is 0 Å². The highest BCUT2D eigenvalue weighted by atomic mass is 31.2. The fourth-order valence-electron chi connectivity index (χ4n) is 3.46. The van der Waals surface area contributed by atoms with Gasteiger partial charge < -0.3 is 14.4 Å². The molecule has 0 bridgehead atoms. The maximum atomic E-state index is 13.8. The van der Waals surface area contributed by atoms with Crippen LogP contribution in [0.1, 0.15) is 41.4 Å². The van der Waals surface area contributed by atoms with E-state index in [2.05, 4.69) is 31.0 Å². The first kappa shape index (κ1) is 25.4. The zero-order valence-corrected chi connectivity index (χ0v) is 21.1. The van der Waals surface area contributed by atoms with Gasteiger partial charge in [-0.1, -0.05) is 53.2 Å². The Labute approximate surface area is 208 Å². The van der Waals surface area contributed by atoms with Crippen LogP contribution in [0.15, 0.2) is 60.8 Å². The van der Waals surface area contributed by atoms with Gasteiger partial charge >= 0.3 is 7.60 Å². The molecule has 1 amide bonds. The van der Waals surface area contributed by atoms with E-state index in [9.17, 15) is 9.36 Å². The molecule has 2 aromatic carbocycles. The summed E-state index contributed by atoms with van der Waals surface area (Å²) in [6.07, 6.45) is 1.47. The Morgan fingerprint density at radius 1 is 1.03 bits per heavy atom. The molecule has 4 rings (SSSR count). The largest absolute Gasteiger partial charge is 0.375 e. The van der Waals surface area contributed by atoms with Gasteiger partial charge in [0.05, 0.1) is 25.1 Å². The minimum atomic E-state index is -3.91. The summed E-state index contributed by atoms with van der Waals surface area (Å²) in [6, 6.07) is 16.3.